The van der Waals surface area contributed by atoms with E-state index in [4.69, 9.17) is 0 Å². The molecule has 140 valence electrons. The summed E-state index contributed by atoms with van der Waals surface area (Å²) in [6, 6.07) is 11.2. The molecule has 0 spiro atoms. The molecule has 1 aromatic heterocycles. The molecule has 3 heteroatoms. The summed E-state index contributed by atoms with van der Waals surface area (Å²) in [5.74, 6) is 0.279. The van der Waals surface area contributed by atoms with Gasteiger partial charge in [-0.25, -0.2) is 0 Å². The Bertz CT molecular complexity index is 783. The highest BCUT2D eigenvalue weighted by atomic mass is 16.1. The second-order valence-corrected chi connectivity index (χ2v) is 8.66. The number of aromatic nitrogens is 1. The number of hydrogen-bond acceptors (Lipinski definition) is 2. The van der Waals surface area contributed by atoms with Crippen molar-refractivity contribution >= 4 is 11.5 Å². The first kappa shape index (κ1) is 18.8. The van der Waals surface area contributed by atoms with E-state index in [-0.39, 0.29) is 11.2 Å². The fourth-order valence-corrected chi connectivity index (χ4v) is 4.08. The van der Waals surface area contributed by atoms with E-state index in [1.54, 1.807) is 0 Å². The average Bonchev–Trinajstić information content (AvgIpc) is 2.89. The van der Waals surface area contributed by atoms with Gasteiger partial charge in [0.25, 0.3) is 0 Å². The van der Waals surface area contributed by atoms with Crippen LogP contribution in [-0.2, 0) is 6.42 Å². The number of carbonyl (C=O) groups is 1. The summed E-state index contributed by atoms with van der Waals surface area (Å²) in [6.07, 6.45) is 5.26. The molecule has 1 unspecified atom stereocenters. The lowest BCUT2D eigenvalue weighted by atomic mass is 9.76. The molecule has 0 bridgehead atoms. The van der Waals surface area contributed by atoms with Gasteiger partial charge in [0.05, 0.1) is 0 Å². The van der Waals surface area contributed by atoms with Gasteiger partial charge < -0.3 is 9.88 Å². The third kappa shape index (κ3) is 3.87. The van der Waals surface area contributed by atoms with Crippen molar-refractivity contribution in [1.82, 2.24) is 4.57 Å². The highest BCUT2D eigenvalue weighted by Crippen LogP contribution is 2.37. The first-order valence-corrected chi connectivity index (χ1v) is 9.92. The molecule has 0 aliphatic heterocycles. The van der Waals surface area contributed by atoms with Crippen LogP contribution in [0.25, 0.3) is 5.69 Å². The van der Waals surface area contributed by atoms with E-state index in [1.807, 2.05) is 0 Å². The van der Waals surface area contributed by atoms with Gasteiger partial charge in [-0.3, -0.25) is 4.79 Å². The van der Waals surface area contributed by atoms with Crippen molar-refractivity contribution in [2.75, 3.05) is 5.32 Å². The van der Waals surface area contributed by atoms with Crippen LogP contribution < -0.4 is 5.32 Å². The van der Waals surface area contributed by atoms with Gasteiger partial charge in [0.1, 0.15) is 0 Å². The smallest absolute Gasteiger partial charge is 0.165 e. The topological polar surface area (TPSA) is 34.0 Å². The minimum absolute atomic E-state index is 0.0306. The molecule has 1 heterocycles. The van der Waals surface area contributed by atoms with Crippen LogP contribution in [0.3, 0.4) is 0 Å². The molecule has 0 saturated heterocycles. The highest BCUT2D eigenvalue weighted by molar-refractivity contribution is 5.99. The van der Waals surface area contributed by atoms with Gasteiger partial charge in [0.2, 0.25) is 0 Å². The molecule has 3 rings (SSSR count). The molecule has 26 heavy (non-hydrogen) atoms. The van der Waals surface area contributed by atoms with Crippen molar-refractivity contribution in [1.29, 1.82) is 0 Å². The van der Waals surface area contributed by atoms with E-state index in [2.05, 4.69) is 74.8 Å². The van der Waals surface area contributed by atoms with Gasteiger partial charge in [0, 0.05) is 40.8 Å². The molecule has 0 amide bonds. The van der Waals surface area contributed by atoms with Gasteiger partial charge in [-0.2, -0.15) is 0 Å². The normalized spacial score (nSPS) is 17.0. The molecular weight excluding hydrogens is 320 g/mol. The van der Waals surface area contributed by atoms with Crippen LogP contribution in [-0.4, -0.2) is 16.4 Å². The summed E-state index contributed by atoms with van der Waals surface area (Å²) in [7, 11) is 0. The van der Waals surface area contributed by atoms with Crippen LogP contribution in [0, 0.1) is 12.3 Å². The summed E-state index contributed by atoms with van der Waals surface area (Å²) < 4.78 is 2.26. The third-order valence-electron chi connectivity index (χ3n) is 5.40. The fraction of sp³-hybridized carbons (Fsp3) is 0.522. The first-order chi connectivity index (χ1) is 12.3. The minimum atomic E-state index is 0.0306. The Balaban J connectivity index is 1.85. The zero-order chi connectivity index (χ0) is 18.9. The van der Waals surface area contributed by atoms with Gasteiger partial charge in [-0.15, -0.1) is 0 Å². The number of hydrogen-bond donors (Lipinski definition) is 1. The SMILES string of the molecule is CCCCC(C)Nc1ccc(-n2c(C)cc3c2CC(C)(C)CC3=O)cc1. The van der Waals surface area contributed by atoms with Crippen molar-refractivity contribution in [2.45, 2.75) is 72.8 Å². The van der Waals surface area contributed by atoms with E-state index in [9.17, 15) is 4.79 Å². The lowest BCUT2D eigenvalue weighted by Crippen LogP contribution is -2.27. The predicted octanol–water partition coefficient (Wildman–Crippen LogP) is 5.93. The quantitative estimate of drug-likeness (QED) is 0.699. The number of unbranched alkanes of at least 4 members (excludes halogenated alkanes) is 1. The Kier molecular flexibility index (Phi) is 5.27. The maximum atomic E-state index is 12.5. The van der Waals surface area contributed by atoms with Crippen LogP contribution in [0.15, 0.2) is 30.3 Å². The van der Waals surface area contributed by atoms with Gasteiger partial charge in [0.15, 0.2) is 5.78 Å². The second-order valence-electron chi connectivity index (χ2n) is 8.66. The van der Waals surface area contributed by atoms with Crippen molar-refractivity contribution in [3.05, 3.63) is 47.3 Å². The molecule has 1 aliphatic carbocycles. The number of anilines is 1. The summed E-state index contributed by atoms with van der Waals surface area (Å²) in [5, 5.41) is 3.58. The van der Waals surface area contributed by atoms with E-state index >= 15 is 0 Å². The number of fused-ring (bicyclic) bond motifs is 1. The van der Waals surface area contributed by atoms with E-state index in [0.29, 0.717) is 12.5 Å². The number of nitrogens with zero attached hydrogens (tertiary/aromatic N) is 1. The number of rotatable bonds is 6. The Morgan fingerprint density at radius 3 is 2.54 bits per heavy atom. The van der Waals surface area contributed by atoms with Crippen LogP contribution in [0.4, 0.5) is 5.69 Å². The summed E-state index contributed by atoms with van der Waals surface area (Å²) >= 11 is 0. The number of ketones is 1. The molecule has 0 saturated carbocycles. The molecule has 1 aromatic carbocycles. The van der Waals surface area contributed by atoms with Crippen LogP contribution in [0.1, 0.15) is 75.1 Å². The molecular formula is C23H32N2O. The summed E-state index contributed by atoms with van der Waals surface area (Å²) in [6.45, 7) is 10.9. The molecule has 0 fully saturated rings. The van der Waals surface area contributed by atoms with Gasteiger partial charge in [-0.1, -0.05) is 33.6 Å². The Labute approximate surface area is 157 Å². The molecule has 1 aliphatic rings. The Hall–Kier alpha value is -2.03. The standard InChI is InChI=1S/C23H32N2O/c1-6-7-8-16(2)24-18-9-11-19(12-10-18)25-17(3)13-20-21(25)14-23(4,5)15-22(20)26/h9-13,16,24H,6-8,14-15H2,1-5H3. The van der Waals surface area contributed by atoms with Gasteiger partial charge >= 0.3 is 0 Å². The monoisotopic (exact) mass is 352 g/mol. The maximum Gasteiger partial charge on any atom is 0.165 e. The largest absolute Gasteiger partial charge is 0.383 e. The van der Waals surface area contributed by atoms with E-state index in [1.165, 1.54) is 25.0 Å². The van der Waals surface area contributed by atoms with E-state index in [0.717, 1.165) is 29.1 Å². The lowest BCUT2D eigenvalue weighted by Gasteiger charge is -2.30. The Morgan fingerprint density at radius 2 is 1.88 bits per heavy atom. The van der Waals surface area contributed by atoms with E-state index < -0.39 is 0 Å². The number of carbonyl (C=O) groups excluding carboxylic acids is 1. The molecule has 1 N–H and O–H groups in total. The number of aryl methyl sites for hydroxylation is 1. The highest BCUT2D eigenvalue weighted by Gasteiger charge is 2.34. The zero-order valence-corrected chi connectivity index (χ0v) is 16.9. The zero-order valence-electron chi connectivity index (χ0n) is 16.9. The van der Waals surface area contributed by atoms with Crippen molar-refractivity contribution in [2.24, 2.45) is 5.41 Å². The van der Waals surface area contributed by atoms with Crippen LogP contribution in [0.2, 0.25) is 0 Å². The first-order valence-electron chi connectivity index (χ1n) is 9.92. The number of nitrogens with one attached hydrogen (secondary N) is 1. The van der Waals surface area contributed by atoms with Crippen molar-refractivity contribution in [3.63, 3.8) is 0 Å². The third-order valence-corrected chi connectivity index (χ3v) is 5.40. The van der Waals surface area contributed by atoms with Gasteiger partial charge in [-0.05, 0) is 62.4 Å². The molecule has 2 aromatic rings. The van der Waals surface area contributed by atoms with Crippen molar-refractivity contribution in [3.8, 4) is 5.69 Å². The molecule has 3 nitrogen and oxygen atoms in total. The van der Waals surface area contributed by atoms with Crippen LogP contribution in [0.5, 0.6) is 0 Å². The predicted molar refractivity (Wildman–Crippen MR) is 110 cm³/mol. The average molecular weight is 353 g/mol. The Morgan fingerprint density at radius 1 is 1.19 bits per heavy atom. The van der Waals surface area contributed by atoms with Crippen molar-refractivity contribution < 1.29 is 4.79 Å². The minimum Gasteiger partial charge on any atom is -0.383 e. The number of Topliss-reactive ketones (excluding diaryl/α,β-unsaturated/α-hetero) is 1. The molecule has 1 atom stereocenters. The van der Waals surface area contributed by atoms with Crippen LogP contribution >= 0.6 is 0 Å². The second kappa shape index (κ2) is 7.30. The maximum absolute atomic E-state index is 12.5. The lowest BCUT2D eigenvalue weighted by molar-refractivity contribution is 0.0911. The number of benzene rings is 1. The molecule has 0 radical (unpaired) electrons. The summed E-state index contributed by atoms with van der Waals surface area (Å²) in [4.78, 5) is 12.5. The fourth-order valence-electron chi connectivity index (χ4n) is 4.08. The summed E-state index contributed by atoms with van der Waals surface area (Å²) in [5.41, 5.74) is 5.55.